The summed E-state index contributed by atoms with van der Waals surface area (Å²) in [6.45, 7) is 4.17. The first-order valence-electron chi connectivity index (χ1n) is 10.6. The maximum Gasteiger partial charge on any atom is 0.243 e. The Balaban J connectivity index is 1.27. The fourth-order valence-electron chi connectivity index (χ4n) is 4.25. The van der Waals surface area contributed by atoms with E-state index in [0.29, 0.717) is 31.2 Å². The Bertz CT molecular complexity index is 985. The zero-order chi connectivity index (χ0) is 21.8. The number of piperidine rings is 1. The van der Waals surface area contributed by atoms with Crippen LogP contribution in [0.1, 0.15) is 18.4 Å². The van der Waals surface area contributed by atoms with Crippen molar-refractivity contribution >= 4 is 27.5 Å². The third-order valence-electron chi connectivity index (χ3n) is 6.09. The number of hydrogen-bond acceptors (Lipinski definition) is 5. The minimum atomic E-state index is -3.56. The second-order valence-corrected chi connectivity index (χ2v) is 10.5. The Hall–Kier alpha value is -2.00. The largest absolute Gasteiger partial charge is 0.340 e. The van der Waals surface area contributed by atoms with Gasteiger partial charge >= 0.3 is 0 Å². The van der Waals surface area contributed by atoms with Gasteiger partial charge in [0, 0.05) is 56.1 Å². The van der Waals surface area contributed by atoms with Gasteiger partial charge < -0.3 is 4.90 Å². The van der Waals surface area contributed by atoms with Gasteiger partial charge in [0.1, 0.15) is 0 Å². The number of nitrogens with zero attached hydrogens (tertiary/aromatic N) is 4. The van der Waals surface area contributed by atoms with Crippen molar-refractivity contribution in [3.63, 3.8) is 0 Å². The summed E-state index contributed by atoms with van der Waals surface area (Å²) in [5.74, 6) is 0.181. The molecule has 0 N–H and O–H groups in total. The number of benzene rings is 1. The molecule has 0 bridgehead atoms. The van der Waals surface area contributed by atoms with Gasteiger partial charge in [0.2, 0.25) is 15.9 Å². The fourth-order valence-corrected chi connectivity index (χ4v) is 5.80. The number of carbonyl (C=O) groups is 1. The molecule has 1 amide bonds. The second-order valence-electron chi connectivity index (χ2n) is 8.09. The Kier molecular flexibility index (Phi) is 6.91. The van der Waals surface area contributed by atoms with Crippen LogP contribution in [0.2, 0.25) is 5.02 Å². The third kappa shape index (κ3) is 5.26. The molecule has 0 unspecified atom stereocenters. The third-order valence-corrected chi connectivity index (χ3v) is 8.26. The molecule has 2 aliphatic rings. The summed E-state index contributed by atoms with van der Waals surface area (Å²) in [6.07, 6.45) is 5.29. The minimum absolute atomic E-state index is 0.0214. The number of likely N-dealkylation sites (tertiary alicyclic amines) is 1. The van der Waals surface area contributed by atoms with Crippen LogP contribution in [0, 0.1) is 5.92 Å². The average molecular weight is 463 g/mol. The fraction of sp³-hybridized carbons (Fsp3) is 0.455. The van der Waals surface area contributed by atoms with Gasteiger partial charge in [0.25, 0.3) is 0 Å². The van der Waals surface area contributed by atoms with Gasteiger partial charge in [-0.15, -0.1) is 0 Å². The summed E-state index contributed by atoms with van der Waals surface area (Å²) in [4.78, 5) is 21.5. The van der Waals surface area contributed by atoms with E-state index in [0.717, 1.165) is 32.5 Å². The molecule has 0 radical (unpaired) electrons. The maximum atomic E-state index is 13.0. The Labute approximate surface area is 188 Å². The van der Waals surface area contributed by atoms with Crippen LogP contribution in [-0.4, -0.2) is 72.7 Å². The van der Waals surface area contributed by atoms with Gasteiger partial charge in [0.15, 0.2) is 0 Å². The molecule has 2 fully saturated rings. The van der Waals surface area contributed by atoms with E-state index in [1.54, 1.807) is 24.5 Å². The summed E-state index contributed by atoms with van der Waals surface area (Å²) < 4.78 is 27.1. The van der Waals surface area contributed by atoms with Crippen molar-refractivity contribution in [2.45, 2.75) is 24.3 Å². The van der Waals surface area contributed by atoms with Crippen LogP contribution < -0.4 is 0 Å². The molecule has 2 saturated heterocycles. The van der Waals surface area contributed by atoms with Crippen molar-refractivity contribution in [2.24, 2.45) is 5.92 Å². The number of sulfonamides is 1. The van der Waals surface area contributed by atoms with Gasteiger partial charge in [-0.25, -0.2) is 8.42 Å². The van der Waals surface area contributed by atoms with Crippen LogP contribution in [0.25, 0.3) is 0 Å². The predicted octanol–water partition coefficient (Wildman–Crippen LogP) is 2.48. The monoisotopic (exact) mass is 462 g/mol. The highest BCUT2D eigenvalue weighted by molar-refractivity contribution is 7.89. The first-order chi connectivity index (χ1) is 14.9. The topological polar surface area (TPSA) is 73.8 Å². The Morgan fingerprint density at radius 3 is 2.16 bits per heavy atom. The normalized spacial score (nSPS) is 19.5. The highest BCUT2D eigenvalue weighted by atomic mass is 35.5. The summed E-state index contributed by atoms with van der Waals surface area (Å²) in [5.41, 5.74) is 1.23. The van der Waals surface area contributed by atoms with E-state index < -0.39 is 10.0 Å². The molecule has 2 aliphatic heterocycles. The number of carbonyl (C=O) groups excluding carboxylic acids is 1. The molecular weight excluding hydrogens is 436 g/mol. The van der Waals surface area contributed by atoms with Gasteiger partial charge in [-0.1, -0.05) is 11.6 Å². The number of piperazine rings is 1. The highest BCUT2D eigenvalue weighted by Crippen LogP contribution is 2.24. The molecule has 4 rings (SSSR count). The summed E-state index contributed by atoms with van der Waals surface area (Å²) >= 11 is 5.87. The summed E-state index contributed by atoms with van der Waals surface area (Å²) in [5, 5.41) is 0.501. The molecule has 0 spiro atoms. The zero-order valence-corrected chi connectivity index (χ0v) is 18.9. The van der Waals surface area contributed by atoms with Crippen LogP contribution in [0.4, 0.5) is 0 Å². The van der Waals surface area contributed by atoms with Crippen molar-refractivity contribution in [2.75, 3.05) is 39.3 Å². The lowest BCUT2D eigenvalue weighted by Gasteiger charge is -2.38. The van der Waals surface area contributed by atoms with E-state index in [2.05, 4.69) is 9.88 Å². The SMILES string of the molecule is O=C(C1CCN(Cc2ccncc2)CC1)N1CCN(S(=O)(=O)c2ccc(Cl)cc2)CC1. The average Bonchev–Trinajstić information content (AvgIpc) is 2.80. The van der Waals surface area contributed by atoms with E-state index in [9.17, 15) is 13.2 Å². The summed E-state index contributed by atoms with van der Waals surface area (Å²) in [7, 11) is -3.56. The number of hydrogen-bond donors (Lipinski definition) is 0. The smallest absolute Gasteiger partial charge is 0.243 e. The molecule has 1 aromatic heterocycles. The first-order valence-corrected chi connectivity index (χ1v) is 12.4. The standard InChI is InChI=1S/C22H27ClN4O3S/c23-20-1-3-21(4-2-20)31(29,30)27-15-13-26(14-16-27)22(28)19-7-11-25(12-8-19)17-18-5-9-24-10-6-18/h1-6,9-10,19H,7-8,11-17H2. The lowest BCUT2D eigenvalue weighted by atomic mass is 9.94. The molecule has 0 aliphatic carbocycles. The molecule has 2 aromatic rings. The van der Waals surface area contributed by atoms with Gasteiger partial charge in [-0.2, -0.15) is 4.31 Å². The molecule has 7 nitrogen and oxygen atoms in total. The van der Waals surface area contributed by atoms with Crippen LogP contribution in [0.5, 0.6) is 0 Å². The van der Waals surface area contributed by atoms with Gasteiger partial charge in [-0.05, 0) is 67.9 Å². The predicted molar refractivity (Wildman–Crippen MR) is 119 cm³/mol. The number of halogens is 1. The van der Waals surface area contributed by atoms with Crippen LogP contribution >= 0.6 is 11.6 Å². The van der Waals surface area contributed by atoms with E-state index in [1.807, 2.05) is 17.0 Å². The van der Waals surface area contributed by atoms with Crippen molar-refractivity contribution in [3.05, 3.63) is 59.4 Å². The molecule has 1 aromatic carbocycles. The number of pyridine rings is 1. The molecule has 31 heavy (non-hydrogen) atoms. The maximum absolute atomic E-state index is 13.0. The van der Waals surface area contributed by atoms with E-state index in [4.69, 9.17) is 11.6 Å². The number of aromatic nitrogens is 1. The van der Waals surface area contributed by atoms with Crippen molar-refractivity contribution in [3.8, 4) is 0 Å². The minimum Gasteiger partial charge on any atom is -0.340 e. The molecular formula is C22H27ClN4O3S. The lowest BCUT2D eigenvalue weighted by Crippen LogP contribution is -2.52. The summed E-state index contributed by atoms with van der Waals surface area (Å²) in [6, 6.07) is 10.2. The van der Waals surface area contributed by atoms with E-state index >= 15 is 0 Å². The second kappa shape index (κ2) is 9.65. The quantitative estimate of drug-likeness (QED) is 0.682. The molecule has 3 heterocycles. The lowest BCUT2D eigenvalue weighted by molar-refractivity contribution is -0.138. The van der Waals surface area contributed by atoms with E-state index in [-0.39, 0.29) is 16.7 Å². The van der Waals surface area contributed by atoms with Crippen molar-refractivity contribution in [1.82, 2.24) is 19.1 Å². The number of rotatable bonds is 5. The van der Waals surface area contributed by atoms with Crippen molar-refractivity contribution < 1.29 is 13.2 Å². The van der Waals surface area contributed by atoms with Crippen molar-refractivity contribution in [1.29, 1.82) is 0 Å². The van der Waals surface area contributed by atoms with Gasteiger partial charge in [0.05, 0.1) is 4.90 Å². The van der Waals surface area contributed by atoms with Crippen LogP contribution in [-0.2, 0) is 21.4 Å². The van der Waals surface area contributed by atoms with Crippen LogP contribution in [0.15, 0.2) is 53.7 Å². The van der Waals surface area contributed by atoms with Crippen LogP contribution in [0.3, 0.4) is 0 Å². The zero-order valence-electron chi connectivity index (χ0n) is 17.4. The highest BCUT2D eigenvalue weighted by Gasteiger charge is 2.33. The Morgan fingerprint density at radius 1 is 0.935 bits per heavy atom. The first kappa shape index (κ1) is 22.2. The number of amides is 1. The molecule has 0 atom stereocenters. The molecule has 166 valence electrons. The van der Waals surface area contributed by atoms with E-state index in [1.165, 1.54) is 22.0 Å². The molecule has 9 heteroatoms. The van der Waals surface area contributed by atoms with Gasteiger partial charge in [-0.3, -0.25) is 14.7 Å². The molecule has 0 saturated carbocycles. The Morgan fingerprint density at radius 2 is 1.55 bits per heavy atom.